The lowest BCUT2D eigenvalue weighted by Gasteiger charge is -2.13. The van der Waals surface area contributed by atoms with Crippen LogP contribution in [-0.4, -0.2) is 0 Å². The van der Waals surface area contributed by atoms with Crippen LogP contribution >= 0.6 is 27.5 Å². The predicted molar refractivity (Wildman–Crippen MR) is 77.8 cm³/mol. The zero-order chi connectivity index (χ0) is 15.6. The first-order valence-electron chi connectivity index (χ1n) is 6.02. The minimum absolute atomic E-state index is 0.351. The number of benzene rings is 2. The fraction of sp³-hybridized carbons (Fsp3) is 0.200. The molecule has 0 aliphatic rings. The minimum Gasteiger partial charge on any atom is -0.207 e. The van der Waals surface area contributed by atoms with E-state index in [0.717, 1.165) is 12.1 Å². The molecule has 2 rings (SSSR count). The predicted octanol–water partition coefficient (Wildman–Crippen LogP) is 6.13. The molecule has 21 heavy (non-hydrogen) atoms. The van der Waals surface area contributed by atoms with E-state index in [1.807, 2.05) is 0 Å². The van der Waals surface area contributed by atoms with Crippen molar-refractivity contribution in [2.24, 2.45) is 0 Å². The second kappa shape index (κ2) is 6.36. The summed E-state index contributed by atoms with van der Waals surface area (Å²) in [6.45, 7) is 0. The molecule has 2 aromatic rings. The molecule has 112 valence electrons. The van der Waals surface area contributed by atoms with Gasteiger partial charge in [-0.25, -0.2) is 4.39 Å². The smallest absolute Gasteiger partial charge is 0.207 e. The van der Waals surface area contributed by atoms with Gasteiger partial charge in [0.05, 0.1) is 10.9 Å². The second-order valence-corrected chi connectivity index (χ2v) is 5.91. The van der Waals surface area contributed by atoms with Crippen LogP contribution in [0.3, 0.4) is 0 Å². The fourth-order valence-electron chi connectivity index (χ4n) is 1.90. The Morgan fingerprint density at radius 1 is 1.05 bits per heavy atom. The summed E-state index contributed by atoms with van der Waals surface area (Å²) in [5.74, 6) is -0.385. The summed E-state index contributed by atoms with van der Waals surface area (Å²) in [6, 6.07) is 9.00. The Morgan fingerprint density at radius 3 is 2.19 bits per heavy atom. The van der Waals surface area contributed by atoms with Crippen molar-refractivity contribution in [3.63, 3.8) is 0 Å². The van der Waals surface area contributed by atoms with Crippen LogP contribution in [0.25, 0.3) is 0 Å². The molecule has 0 amide bonds. The van der Waals surface area contributed by atoms with Crippen LogP contribution < -0.4 is 0 Å². The Morgan fingerprint density at radius 2 is 1.67 bits per heavy atom. The van der Waals surface area contributed by atoms with E-state index in [4.69, 9.17) is 11.6 Å². The monoisotopic (exact) mass is 380 g/mol. The summed E-state index contributed by atoms with van der Waals surface area (Å²) in [5.41, 5.74) is 0.678. The number of hydrogen-bond acceptors (Lipinski definition) is 0. The van der Waals surface area contributed by atoms with Crippen molar-refractivity contribution < 1.29 is 17.6 Å². The van der Waals surface area contributed by atoms with E-state index in [9.17, 15) is 17.6 Å². The molecule has 1 atom stereocenters. The van der Waals surface area contributed by atoms with Crippen molar-refractivity contribution >= 4 is 27.5 Å². The first-order valence-corrected chi connectivity index (χ1v) is 7.25. The average Bonchev–Trinajstić information content (AvgIpc) is 2.38. The van der Waals surface area contributed by atoms with Gasteiger partial charge < -0.3 is 0 Å². The minimum atomic E-state index is -4.35. The van der Waals surface area contributed by atoms with Gasteiger partial charge in [-0.15, -0.1) is 11.6 Å². The van der Waals surface area contributed by atoms with E-state index < -0.39 is 17.1 Å². The average molecular weight is 382 g/mol. The van der Waals surface area contributed by atoms with Crippen LogP contribution in [0.2, 0.25) is 0 Å². The van der Waals surface area contributed by atoms with Crippen LogP contribution in [0.1, 0.15) is 22.1 Å². The molecule has 0 heterocycles. The molecule has 0 saturated heterocycles. The number of halogens is 6. The third-order valence-corrected chi connectivity index (χ3v) is 4.07. The maximum Gasteiger partial charge on any atom is 0.416 e. The lowest BCUT2D eigenvalue weighted by molar-refractivity contribution is -0.137. The van der Waals surface area contributed by atoms with Crippen LogP contribution in [0, 0.1) is 5.82 Å². The molecule has 0 aliphatic heterocycles. The Bertz CT molecular complexity index is 623. The second-order valence-electron chi connectivity index (χ2n) is 4.53. The van der Waals surface area contributed by atoms with Gasteiger partial charge in [0.2, 0.25) is 0 Å². The molecule has 0 aromatic heterocycles. The van der Waals surface area contributed by atoms with Crippen molar-refractivity contribution in [3.8, 4) is 0 Å². The van der Waals surface area contributed by atoms with Crippen LogP contribution in [0.5, 0.6) is 0 Å². The van der Waals surface area contributed by atoms with Crippen LogP contribution in [-0.2, 0) is 12.6 Å². The Kier molecular flexibility index (Phi) is 4.94. The fourth-order valence-corrected chi connectivity index (χ4v) is 3.03. The lowest BCUT2D eigenvalue weighted by Crippen LogP contribution is -2.05. The van der Waals surface area contributed by atoms with E-state index in [2.05, 4.69) is 15.9 Å². The number of alkyl halides is 4. The van der Waals surface area contributed by atoms with E-state index in [-0.39, 0.29) is 5.82 Å². The zero-order valence-corrected chi connectivity index (χ0v) is 12.9. The first-order chi connectivity index (χ1) is 9.77. The highest BCUT2D eigenvalue weighted by atomic mass is 79.9. The van der Waals surface area contributed by atoms with E-state index in [1.165, 1.54) is 24.3 Å². The highest BCUT2D eigenvalue weighted by Crippen LogP contribution is 2.33. The Balaban J connectivity index is 2.14. The van der Waals surface area contributed by atoms with Crippen molar-refractivity contribution in [2.45, 2.75) is 18.0 Å². The zero-order valence-electron chi connectivity index (χ0n) is 10.6. The molecule has 1 unspecified atom stereocenters. The third kappa shape index (κ3) is 4.20. The third-order valence-electron chi connectivity index (χ3n) is 3.00. The van der Waals surface area contributed by atoms with Crippen LogP contribution in [0.15, 0.2) is 46.9 Å². The molecule has 0 spiro atoms. The molecular formula is C15H10BrClF4. The number of hydrogen-bond donors (Lipinski definition) is 0. The van der Waals surface area contributed by atoms with Crippen LogP contribution in [0.4, 0.5) is 17.6 Å². The molecule has 0 saturated carbocycles. The Hall–Kier alpha value is -1.07. The van der Waals surface area contributed by atoms with E-state index in [1.54, 1.807) is 6.07 Å². The van der Waals surface area contributed by atoms with E-state index >= 15 is 0 Å². The van der Waals surface area contributed by atoms with E-state index in [0.29, 0.717) is 22.0 Å². The molecule has 0 radical (unpaired) electrons. The molecule has 0 N–H and O–H groups in total. The Labute approximate surface area is 132 Å². The normalized spacial score (nSPS) is 13.2. The lowest BCUT2D eigenvalue weighted by atomic mass is 10.0. The van der Waals surface area contributed by atoms with Crippen molar-refractivity contribution in [1.82, 2.24) is 0 Å². The van der Waals surface area contributed by atoms with Gasteiger partial charge in [-0.2, -0.15) is 13.2 Å². The summed E-state index contributed by atoms with van der Waals surface area (Å²) in [5, 5.41) is -0.461. The largest absolute Gasteiger partial charge is 0.416 e. The summed E-state index contributed by atoms with van der Waals surface area (Å²) in [7, 11) is 0. The highest BCUT2D eigenvalue weighted by Gasteiger charge is 2.30. The molecule has 0 nitrogen and oxygen atoms in total. The standard InChI is InChI=1S/C15H10BrClF4/c16-13-8-11(18)5-6-12(13)14(17)7-9-1-3-10(4-2-9)15(19,20)21/h1-6,8,14H,7H2. The molecule has 0 aliphatic carbocycles. The van der Waals surface area contributed by atoms with Crippen molar-refractivity contribution in [1.29, 1.82) is 0 Å². The quantitative estimate of drug-likeness (QED) is 0.443. The highest BCUT2D eigenvalue weighted by molar-refractivity contribution is 9.10. The van der Waals surface area contributed by atoms with Gasteiger partial charge in [0.1, 0.15) is 5.82 Å². The van der Waals surface area contributed by atoms with Crippen molar-refractivity contribution in [3.05, 3.63) is 69.4 Å². The SMILES string of the molecule is Fc1ccc(C(Cl)Cc2ccc(C(F)(F)F)cc2)c(Br)c1. The first kappa shape index (κ1) is 16.3. The maximum absolute atomic E-state index is 13.0. The number of rotatable bonds is 3. The molecule has 6 heteroatoms. The molecule has 0 bridgehead atoms. The molecular weight excluding hydrogens is 372 g/mol. The summed E-state index contributed by atoms with van der Waals surface area (Å²) in [4.78, 5) is 0. The maximum atomic E-state index is 13.0. The topological polar surface area (TPSA) is 0 Å². The summed E-state index contributed by atoms with van der Waals surface area (Å²) in [6.07, 6.45) is -4.00. The summed E-state index contributed by atoms with van der Waals surface area (Å²) >= 11 is 9.48. The van der Waals surface area contributed by atoms with Gasteiger partial charge in [-0.3, -0.25) is 0 Å². The van der Waals surface area contributed by atoms with Crippen molar-refractivity contribution in [2.75, 3.05) is 0 Å². The van der Waals surface area contributed by atoms with Gasteiger partial charge >= 0.3 is 6.18 Å². The van der Waals surface area contributed by atoms with Gasteiger partial charge in [-0.1, -0.05) is 34.1 Å². The van der Waals surface area contributed by atoms with Gasteiger partial charge in [0, 0.05) is 4.47 Å². The molecule has 2 aromatic carbocycles. The van der Waals surface area contributed by atoms with Gasteiger partial charge in [0.25, 0.3) is 0 Å². The summed E-state index contributed by atoms with van der Waals surface area (Å²) < 4.78 is 51.0. The molecule has 0 fully saturated rings. The van der Waals surface area contributed by atoms with Gasteiger partial charge in [0.15, 0.2) is 0 Å². The van der Waals surface area contributed by atoms with Gasteiger partial charge in [-0.05, 0) is 41.8 Å².